The summed E-state index contributed by atoms with van der Waals surface area (Å²) in [4.78, 5) is 28.5. The number of rotatable bonds is 5. The Hall–Kier alpha value is -3.47. The predicted molar refractivity (Wildman–Crippen MR) is 101 cm³/mol. The Labute approximate surface area is 152 Å². The van der Waals surface area contributed by atoms with Crippen molar-refractivity contribution < 1.29 is 9.59 Å². The summed E-state index contributed by atoms with van der Waals surface area (Å²) in [5.41, 5.74) is 3.67. The molecule has 3 rings (SSSR count). The van der Waals surface area contributed by atoms with Gasteiger partial charge in [0.25, 0.3) is 11.8 Å². The number of para-hydroxylation sites is 1. The van der Waals surface area contributed by atoms with E-state index in [4.69, 9.17) is 0 Å². The average Bonchev–Trinajstić information content (AvgIpc) is 2.68. The minimum atomic E-state index is -0.240. The van der Waals surface area contributed by atoms with Gasteiger partial charge in [-0.15, -0.1) is 0 Å². The van der Waals surface area contributed by atoms with E-state index in [9.17, 15) is 9.59 Å². The number of hydrogen-bond donors (Lipinski definition) is 2. The van der Waals surface area contributed by atoms with E-state index in [2.05, 4.69) is 15.6 Å². The van der Waals surface area contributed by atoms with Gasteiger partial charge in [0, 0.05) is 30.2 Å². The lowest BCUT2D eigenvalue weighted by Gasteiger charge is -2.12. The molecule has 0 unspecified atom stereocenters. The normalized spacial score (nSPS) is 10.2. The van der Waals surface area contributed by atoms with Gasteiger partial charge in [0.1, 0.15) is 0 Å². The van der Waals surface area contributed by atoms with E-state index < -0.39 is 0 Å². The largest absolute Gasteiger partial charge is 0.348 e. The number of benzene rings is 2. The Bertz CT molecular complexity index is 906. The quantitative estimate of drug-likeness (QED) is 0.742. The Morgan fingerprint density at radius 1 is 0.885 bits per heavy atom. The molecule has 0 bridgehead atoms. The van der Waals surface area contributed by atoms with Crippen LogP contribution >= 0.6 is 0 Å². The third-order valence-corrected chi connectivity index (χ3v) is 3.94. The molecule has 0 aliphatic carbocycles. The Morgan fingerprint density at radius 3 is 2.38 bits per heavy atom. The van der Waals surface area contributed by atoms with Crippen molar-refractivity contribution in [1.82, 2.24) is 10.3 Å². The van der Waals surface area contributed by atoms with Crippen LogP contribution < -0.4 is 10.6 Å². The first kappa shape index (κ1) is 17.4. The molecule has 0 radical (unpaired) electrons. The van der Waals surface area contributed by atoms with Crippen LogP contribution in [0.25, 0.3) is 0 Å². The molecule has 130 valence electrons. The van der Waals surface area contributed by atoms with Gasteiger partial charge < -0.3 is 10.6 Å². The van der Waals surface area contributed by atoms with Crippen molar-refractivity contribution in [1.29, 1.82) is 0 Å². The van der Waals surface area contributed by atoms with Crippen LogP contribution in [0.15, 0.2) is 73.1 Å². The molecule has 5 heteroatoms. The van der Waals surface area contributed by atoms with E-state index in [1.54, 1.807) is 30.5 Å². The molecule has 5 nitrogen and oxygen atoms in total. The first-order valence-corrected chi connectivity index (χ1v) is 8.27. The van der Waals surface area contributed by atoms with Crippen LogP contribution in [0.2, 0.25) is 0 Å². The summed E-state index contributed by atoms with van der Waals surface area (Å²) in [5, 5.41) is 5.75. The Morgan fingerprint density at radius 2 is 1.65 bits per heavy atom. The van der Waals surface area contributed by atoms with Crippen LogP contribution in [0.5, 0.6) is 0 Å². The molecule has 2 N–H and O–H groups in total. The Kier molecular flexibility index (Phi) is 5.39. The molecular formula is C21H19N3O2. The second-order valence-electron chi connectivity index (χ2n) is 5.90. The van der Waals surface area contributed by atoms with Crippen molar-refractivity contribution in [2.45, 2.75) is 13.5 Å². The highest BCUT2D eigenvalue weighted by molar-refractivity contribution is 6.04. The van der Waals surface area contributed by atoms with Gasteiger partial charge in [-0.1, -0.05) is 35.9 Å². The highest BCUT2D eigenvalue weighted by Gasteiger charge is 2.10. The Balaban J connectivity index is 1.68. The molecule has 3 aromatic rings. The maximum absolute atomic E-state index is 12.3. The van der Waals surface area contributed by atoms with Crippen LogP contribution in [0.1, 0.15) is 31.8 Å². The fourth-order valence-electron chi connectivity index (χ4n) is 2.47. The molecule has 1 aromatic heterocycles. The summed E-state index contributed by atoms with van der Waals surface area (Å²) < 4.78 is 0. The molecule has 0 saturated carbocycles. The molecule has 0 atom stereocenters. The molecule has 2 amide bonds. The number of nitrogens with zero attached hydrogens (tertiary/aromatic N) is 1. The topological polar surface area (TPSA) is 71.1 Å². The zero-order valence-corrected chi connectivity index (χ0v) is 14.4. The monoisotopic (exact) mass is 345 g/mol. The number of nitrogens with one attached hydrogen (secondary N) is 2. The van der Waals surface area contributed by atoms with Gasteiger partial charge in [0.05, 0.1) is 5.56 Å². The third kappa shape index (κ3) is 4.33. The van der Waals surface area contributed by atoms with E-state index in [-0.39, 0.29) is 11.8 Å². The zero-order valence-electron chi connectivity index (χ0n) is 14.4. The van der Waals surface area contributed by atoms with E-state index in [0.29, 0.717) is 23.4 Å². The molecule has 1 heterocycles. The van der Waals surface area contributed by atoms with E-state index in [1.165, 1.54) is 6.20 Å². The van der Waals surface area contributed by atoms with Crippen LogP contribution in [0, 0.1) is 6.92 Å². The van der Waals surface area contributed by atoms with Gasteiger partial charge in [-0.25, -0.2) is 0 Å². The third-order valence-electron chi connectivity index (χ3n) is 3.94. The molecule has 0 aliphatic rings. The summed E-state index contributed by atoms with van der Waals surface area (Å²) in [6.07, 6.45) is 3.13. The minimum Gasteiger partial charge on any atom is -0.348 e. The van der Waals surface area contributed by atoms with Gasteiger partial charge >= 0.3 is 0 Å². The lowest BCUT2D eigenvalue weighted by atomic mass is 10.1. The number of aromatic nitrogens is 1. The maximum Gasteiger partial charge on any atom is 0.257 e. The zero-order chi connectivity index (χ0) is 18.4. The number of pyridine rings is 1. The molecule has 0 aliphatic heterocycles. The highest BCUT2D eigenvalue weighted by atomic mass is 16.2. The maximum atomic E-state index is 12.3. The lowest BCUT2D eigenvalue weighted by molar-refractivity contribution is 0.0950. The van der Waals surface area contributed by atoms with Gasteiger partial charge in [-0.2, -0.15) is 0 Å². The summed E-state index contributed by atoms with van der Waals surface area (Å²) in [6, 6.07) is 18.2. The van der Waals surface area contributed by atoms with Crippen LogP contribution in [0.3, 0.4) is 0 Å². The number of hydrogen-bond acceptors (Lipinski definition) is 3. The van der Waals surface area contributed by atoms with Crippen molar-refractivity contribution in [2.75, 3.05) is 5.32 Å². The summed E-state index contributed by atoms with van der Waals surface area (Å²) in [5.74, 6) is -0.395. The number of carbonyl (C=O) groups excluding carboxylic acids is 2. The smallest absolute Gasteiger partial charge is 0.257 e. The van der Waals surface area contributed by atoms with E-state index in [1.807, 2.05) is 43.3 Å². The predicted octanol–water partition coefficient (Wildman–Crippen LogP) is 3.57. The SMILES string of the molecule is Cc1ccc(C(=O)NCc2ccccc2NC(=O)c2cccnc2)cc1. The van der Waals surface area contributed by atoms with Gasteiger partial charge in [-0.3, -0.25) is 14.6 Å². The minimum absolute atomic E-state index is 0.154. The first-order chi connectivity index (χ1) is 12.6. The summed E-state index contributed by atoms with van der Waals surface area (Å²) in [6.45, 7) is 2.29. The van der Waals surface area contributed by atoms with Crippen LogP contribution in [-0.4, -0.2) is 16.8 Å². The lowest BCUT2D eigenvalue weighted by Crippen LogP contribution is -2.24. The molecular weight excluding hydrogens is 326 g/mol. The number of aryl methyl sites for hydroxylation is 1. The van der Waals surface area contributed by atoms with Crippen molar-refractivity contribution in [3.8, 4) is 0 Å². The summed E-state index contributed by atoms with van der Waals surface area (Å²) in [7, 11) is 0. The van der Waals surface area contributed by atoms with Gasteiger partial charge in [0.15, 0.2) is 0 Å². The van der Waals surface area contributed by atoms with Crippen LogP contribution in [-0.2, 0) is 6.54 Å². The number of carbonyl (C=O) groups is 2. The van der Waals surface area contributed by atoms with E-state index in [0.717, 1.165) is 11.1 Å². The molecule has 2 aromatic carbocycles. The molecule has 0 saturated heterocycles. The second-order valence-corrected chi connectivity index (χ2v) is 5.90. The fourth-order valence-corrected chi connectivity index (χ4v) is 2.47. The molecule has 0 fully saturated rings. The molecule has 0 spiro atoms. The van der Waals surface area contributed by atoms with Crippen LogP contribution in [0.4, 0.5) is 5.69 Å². The second kappa shape index (κ2) is 8.07. The number of amides is 2. The van der Waals surface area contributed by atoms with Crippen molar-refractivity contribution in [3.05, 3.63) is 95.3 Å². The van der Waals surface area contributed by atoms with E-state index >= 15 is 0 Å². The highest BCUT2D eigenvalue weighted by Crippen LogP contribution is 2.16. The number of anilines is 1. The first-order valence-electron chi connectivity index (χ1n) is 8.27. The molecule has 26 heavy (non-hydrogen) atoms. The van der Waals surface area contributed by atoms with Crippen molar-refractivity contribution in [2.24, 2.45) is 0 Å². The van der Waals surface area contributed by atoms with Gasteiger partial charge in [-0.05, 0) is 42.8 Å². The fraction of sp³-hybridized carbons (Fsp3) is 0.0952. The van der Waals surface area contributed by atoms with Crippen molar-refractivity contribution in [3.63, 3.8) is 0 Å². The summed E-state index contributed by atoms with van der Waals surface area (Å²) >= 11 is 0. The van der Waals surface area contributed by atoms with Gasteiger partial charge in [0.2, 0.25) is 0 Å². The van der Waals surface area contributed by atoms with Crippen molar-refractivity contribution >= 4 is 17.5 Å². The standard InChI is InChI=1S/C21H19N3O2/c1-15-8-10-16(11-9-15)20(25)23-14-17-5-2-3-7-19(17)24-21(26)18-6-4-12-22-13-18/h2-13H,14H2,1H3,(H,23,25)(H,24,26). The average molecular weight is 345 g/mol.